The predicted molar refractivity (Wildman–Crippen MR) is 96.1 cm³/mol. The highest BCUT2D eigenvalue weighted by Crippen LogP contribution is 2.18. The Labute approximate surface area is 141 Å². The van der Waals surface area contributed by atoms with E-state index in [0.717, 1.165) is 22.7 Å². The van der Waals surface area contributed by atoms with Crippen LogP contribution in [0.2, 0.25) is 0 Å². The van der Waals surface area contributed by atoms with Crippen molar-refractivity contribution in [3.8, 4) is 6.07 Å². The van der Waals surface area contributed by atoms with Gasteiger partial charge in [0.15, 0.2) is 0 Å². The molecular weight excluding hydrogens is 306 g/mol. The van der Waals surface area contributed by atoms with Crippen molar-refractivity contribution < 1.29 is 0 Å². The van der Waals surface area contributed by atoms with Crippen molar-refractivity contribution in [1.82, 2.24) is 15.3 Å². The van der Waals surface area contributed by atoms with Gasteiger partial charge in [0.25, 0.3) is 0 Å². The van der Waals surface area contributed by atoms with Crippen molar-refractivity contribution in [3.63, 3.8) is 0 Å². The molecule has 2 rings (SSSR count). The van der Waals surface area contributed by atoms with Gasteiger partial charge >= 0.3 is 0 Å². The zero-order valence-electron chi connectivity index (χ0n) is 13.2. The van der Waals surface area contributed by atoms with E-state index in [1.54, 1.807) is 18.3 Å². The molecule has 2 N–H and O–H groups in total. The van der Waals surface area contributed by atoms with Crippen molar-refractivity contribution >= 4 is 34.4 Å². The fraction of sp³-hybridized carbons (Fsp3) is 0.176. The topological polar surface area (TPSA) is 73.6 Å². The van der Waals surface area contributed by atoms with E-state index >= 15 is 0 Å². The van der Waals surface area contributed by atoms with E-state index < -0.39 is 0 Å². The van der Waals surface area contributed by atoms with Crippen molar-refractivity contribution in [2.24, 2.45) is 0 Å². The monoisotopic (exact) mass is 323 g/mol. The quantitative estimate of drug-likeness (QED) is 0.834. The lowest BCUT2D eigenvalue weighted by atomic mass is 10.1. The number of thiocarbonyl (C=S) groups is 1. The van der Waals surface area contributed by atoms with Crippen molar-refractivity contribution in [2.75, 3.05) is 5.32 Å². The van der Waals surface area contributed by atoms with Crippen LogP contribution in [0.15, 0.2) is 42.2 Å². The average molecular weight is 323 g/mol. The van der Waals surface area contributed by atoms with Crippen LogP contribution in [0.3, 0.4) is 0 Å². The summed E-state index contributed by atoms with van der Waals surface area (Å²) in [6, 6.07) is 11.1. The summed E-state index contributed by atoms with van der Waals surface area (Å²) in [6.45, 7) is 5.76. The summed E-state index contributed by atoms with van der Waals surface area (Å²) >= 11 is 5.06. The van der Waals surface area contributed by atoms with Gasteiger partial charge in [-0.1, -0.05) is 18.3 Å². The Kier molecular flexibility index (Phi) is 5.39. The second kappa shape index (κ2) is 7.47. The van der Waals surface area contributed by atoms with Gasteiger partial charge in [0.1, 0.15) is 0 Å². The van der Waals surface area contributed by atoms with E-state index in [4.69, 9.17) is 17.5 Å². The van der Waals surface area contributed by atoms with Gasteiger partial charge in [0.05, 0.1) is 22.3 Å². The van der Waals surface area contributed by atoms with Gasteiger partial charge in [-0.25, -0.2) is 9.97 Å². The number of aromatic nitrogens is 2. The summed E-state index contributed by atoms with van der Waals surface area (Å²) in [7, 11) is 0. The highest BCUT2D eigenvalue weighted by molar-refractivity contribution is 7.80. The van der Waals surface area contributed by atoms with Gasteiger partial charge in [-0.2, -0.15) is 5.26 Å². The summed E-state index contributed by atoms with van der Waals surface area (Å²) < 4.78 is 0. The van der Waals surface area contributed by atoms with Crippen LogP contribution in [0.4, 0.5) is 11.6 Å². The molecule has 0 amide bonds. The molecule has 0 bridgehead atoms. The Morgan fingerprint density at radius 3 is 2.70 bits per heavy atom. The van der Waals surface area contributed by atoms with Crippen LogP contribution >= 0.6 is 12.2 Å². The van der Waals surface area contributed by atoms with Gasteiger partial charge in [-0.05, 0) is 50.6 Å². The number of nitrogens with one attached hydrogen (secondary N) is 2. The van der Waals surface area contributed by atoms with Crippen LogP contribution in [0.1, 0.15) is 32.0 Å². The number of hydrogen-bond donors (Lipinski definition) is 2. The average Bonchev–Trinajstić information content (AvgIpc) is 2.54. The highest BCUT2D eigenvalue weighted by Gasteiger charge is 2.05. The van der Waals surface area contributed by atoms with Gasteiger partial charge in [-0.3, -0.25) is 0 Å². The first-order chi connectivity index (χ1) is 11.0. The van der Waals surface area contributed by atoms with Gasteiger partial charge in [0, 0.05) is 17.6 Å². The van der Waals surface area contributed by atoms with Crippen LogP contribution in [0.5, 0.6) is 0 Å². The van der Waals surface area contributed by atoms with E-state index in [-0.39, 0.29) is 0 Å². The number of nitriles is 1. The summed E-state index contributed by atoms with van der Waals surface area (Å²) in [5.41, 5.74) is 4.10. The molecule has 6 heteroatoms. The molecule has 116 valence electrons. The maximum Gasteiger partial charge on any atom is 0.227 e. The molecule has 0 aliphatic carbocycles. The van der Waals surface area contributed by atoms with Crippen LogP contribution in [-0.4, -0.2) is 15.0 Å². The van der Waals surface area contributed by atoms with Crippen LogP contribution in [0, 0.1) is 11.3 Å². The Morgan fingerprint density at radius 1 is 1.22 bits per heavy atom. The summed E-state index contributed by atoms with van der Waals surface area (Å²) in [4.78, 5) is 9.44. The van der Waals surface area contributed by atoms with E-state index in [0.29, 0.717) is 16.5 Å². The first kappa shape index (κ1) is 16.6. The van der Waals surface area contributed by atoms with Crippen LogP contribution < -0.4 is 10.6 Å². The van der Waals surface area contributed by atoms with E-state index in [9.17, 15) is 0 Å². The second-order valence-corrected chi connectivity index (χ2v) is 5.63. The number of benzene rings is 1. The predicted octanol–water partition coefficient (Wildman–Crippen LogP) is 3.78. The van der Waals surface area contributed by atoms with E-state index in [1.807, 2.05) is 39.0 Å². The summed E-state index contributed by atoms with van der Waals surface area (Å²) in [6.07, 6.45) is 1.69. The molecule has 2 aromatic rings. The minimum absolute atomic E-state index is 0.476. The zero-order chi connectivity index (χ0) is 16.8. The van der Waals surface area contributed by atoms with Crippen molar-refractivity contribution in [3.05, 3.63) is 53.5 Å². The Morgan fingerprint density at radius 2 is 2.00 bits per heavy atom. The normalized spacial score (nSPS) is 11.2. The maximum absolute atomic E-state index is 8.95. The standard InChI is InChI=1S/C17H17N5S/c1-11(12(2)20-13(3)23)16-7-8-19-17(22-16)21-15-6-4-5-14(9-15)10-18/h4-9H,1-3H3,(H,20,23)(H,19,21,22)/b12-11+. The lowest BCUT2D eigenvalue weighted by Crippen LogP contribution is -2.16. The molecule has 0 radical (unpaired) electrons. The van der Waals surface area contributed by atoms with E-state index in [1.165, 1.54) is 0 Å². The molecule has 5 nitrogen and oxygen atoms in total. The Balaban J connectivity index is 2.26. The molecule has 1 aromatic heterocycles. The summed E-state index contributed by atoms with van der Waals surface area (Å²) in [5, 5.41) is 15.2. The second-order valence-electron chi connectivity index (χ2n) is 5.01. The molecule has 0 aliphatic heterocycles. The van der Waals surface area contributed by atoms with Crippen molar-refractivity contribution in [1.29, 1.82) is 5.26 Å². The van der Waals surface area contributed by atoms with Gasteiger partial charge < -0.3 is 10.6 Å². The van der Waals surface area contributed by atoms with Gasteiger partial charge in [0.2, 0.25) is 5.95 Å². The molecule has 1 aromatic carbocycles. The first-order valence-corrected chi connectivity index (χ1v) is 7.46. The summed E-state index contributed by atoms with van der Waals surface area (Å²) in [5.74, 6) is 0.476. The number of anilines is 2. The van der Waals surface area contributed by atoms with Crippen LogP contribution in [-0.2, 0) is 0 Å². The van der Waals surface area contributed by atoms with Crippen LogP contribution in [0.25, 0.3) is 5.57 Å². The SMILES string of the molecule is CC(=S)N/C(C)=C(\C)c1ccnc(Nc2cccc(C#N)c2)n1. The molecule has 0 atom stereocenters. The van der Waals surface area contributed by atoms with E-state index in [2.05, 4.69) is 26.7 Å². The maximum atomic E-state index is 8.95. The largest absolute Gasteiger partial charge is 0.354 e. The molecule has 0 saturated carbocycles. The molecule has 1 heterocycles. The smallest absolute Gasteiger partial charge is 0.227 e. The molecule has 0 unspecified atom stereocenters. The molecule has 0 fully saturated rings. The number of hydrogen-bond acceptors (Lipinski definition) is 5. The third kappa shape index (κ3) is 4.59. The Hall–Kier alpha value is -2.78. The fourth-order valence-electron chi connectivity index (χ4n) is 1.97. The minimum Gasteiger partial charge on any atom is -0.354 e. The Bertz CT molecular complexity index is 805. The third-order valence-electron chi connectivity index (χ3n) is 3.21. The molecule has 0 aliphatic rings. The zero-order valence-corrected chi connectivity index (χ0v) is 14.0. The lowest BCUT2D eigenvalue weighted by molar-refractivity contribution is 1.09. The fourth-order valence-corrected chi connectivity index (χ4v) is 2.13. The molecule has 23 heavy (non-hydrogen) atoms. The molecule has 0 saturated heterocycles. The molecular formula is C17H17N5S. The molecule has 0 spiro atoms. The number of allylic oxidation sites excluding steroid dienone is 2. The number of nitrogens with zero attached hydrogens (tertiary/aromatic N) is 3. The lowest BCUT2D eigenvalue weighted by Gasteiger charge is -2.11. The van der Waals surface area contributed by atoms with Gasteiger partial charge in [-0.15, -0.1) is 0 Å². The first-order valence-electron chi connectivity index (χ1n) is 7.05. The number of rotatable bonds is 4. The third-order valence-corrected chi connectivity index (χ3v) is 3.32. The highest BCUT2D eigenvalue weighted by atomic mass is 32.1. The van der Waals surface area contributed by atoms with Crippen molar-refractivity contribution in [2.45, 2.75) is 20.8 Å². The minimum atomic E-state index is 0.476.